The molecule has 0 unspecified atom stereocenters. The smallest absolute Gasteiger partial charge is 0.226 e. The summed E-state index contributed by atoms with van der Waals surface area (Å²) in [6.45, 7) is 2.12. The van der Waals surface area contributed by atoms with Crippen LogP contribution in [0.3, 0.4) is 0 Å². The molecule has 2 aromatic heterocycles. The highest BCUT2D eigenvalue weighted by Gasteiger charge is 2.44. The summed E-state index contributed by atoms with van der Waals surface area (Å²) in [7, 11) is 0. The number of aliphatic hydroxyl groups excluding tert-OH is 3. The quantitative estimate of drug-likeness (QED) is 0.463. The Morgan fingerprint density at radius 3 is 2.79 bits per heavy atom. The van der Waals surface area contributed by atoms with E-state index in [2.05, 4.69) is 26.3 Å². The molecule has 1 saturated heterocycles. The lowest BCUT2D eigenvalue weighted by molar-refractivity contribution is -0.0511. The van der Waals surface area contributed by atoms with Crippen molar-refractivity contribution < 1.29 is 20.1 Å². The van der Waals surface area contributed by atoms with Gasteiger partial charge in [0.25, 0.3) is 0 Å². The predicted octanol–water partition coefficient (Wildman–Crippen LogP) is 1.01. The fraction of sp³-hybridized carbons (Fsp3) is 0.389. The van der Waals surface area contributed by atoms with Gasteiger partial charge in [0.2, 0.25) is 5.28 Å². The van der Waals surface area contributed by atoms with Crippen LogP contribution in [-0.4, -0.2) is 59.8 Å². The van der Waals surface area contributed by atoms with Crippen molar-refractivity contribution in [1.82, 2.24) is 19.5 Å². The minimum absolute atomic E-state index is 0.00716. The number of hydrogen-bond acceptors (Lipinski definition) is 8. The first kappa shape index (κ1) is 19.0. The maximum Gasteiger partial charge on any atom is 0.226 e. The first-order chi connectivity index (χ1) is 13.5. The van der Waals surface area contributed by atoms with Gasteiger partial charge in [0.05, 0.1) is 12.9 Å². The number of anilines is 1. The molecule has 3 aromatic rings. The van der Waals surface area contributed by atoms with Crippen molar-refractivity contribution in [2.75, 3.05) is 11.9 Å². The highest BCUT2D eigenvalue weighted by molar-refractivity contribution is 6.28. The number of rotatable bonds is 5. The van der Waals surface area contributed by atoms with Crippen LogP contribution >= 0.6 is 11.6 Å². The number of nitrogens with zero attached hydrogens (tertiary/aromatic N) is 4. The van der Waals surface area contributed by atoms with Crippen LogP contribution in [0, 0.1) is 6.92 Å². The summed E-state index contributed by atoms with van der Waals surface area (Å²) in [5, 5.41) is 32.8. The van der Waals surface area contributed by atoms with E-state index in [9.17, 15) is 15.3 Å². The highest BCUT2D eigenvalue weighted by atomic mass is 35.5. The normalized spacial score (nSPS) is 24.8. The topological polar surface area (TPSA) is 126 Å². The monoisotopic (exact) mass is 405 g/mol. The van der Waals surface area contributed by atoms with E-state index in [-0.39, 0.29) is 5.28 Å². The van der Waals surface area contributed by atoms with Crippen LogP contribution in [0.15, 0.2) is 30.6 Å². The molecule has 1 aliphatic heterocycles. The molecule has 4 N–H and O–H groups in total. The minimum atomic E-state index is -1.24. The number of halogens is 1. The van der Waals surface area contributed by atoms with Gasteiger partial charge in [0, 0.05) is 6.54 Å². The average Bonchev–Trinajstić information content (AvgIpc) is 3.21. The van der Waals surface area contributed by atoms with E-state index in [4.69, 9.17) is 16.3 Å². The molecule has 0 saturated carbocycles. The van der Waals surface area contributed by atoms with Crippen molar-refractivity contribution in [3.8, 4) is 0 Å². The number of aryl methyl sites for hydroxylation is 1. The van der Waals surface area contributed by atoms with Crippen LogP contribution in [0.25, 0.3) is 11.2 Å². The van der Waals surface area contributed by atoms with Crippen LogP contribution in [-0.2, 0) is 11.3 Å². The SMILES string of the molecule is Cc1cccc(CNc2nc(Cl)nc3c2ncn3[C@@H]2O[C@H](CO)[C@@H](O)[C@H]2O)c1. The second kappa shape index (κ2) is 7.61. The highest BCUT2D eigenvalue weighted by Crippen LogP contribution is 2.32. The molecule has 1 fully saturated rings. The molecule has 4 rings (SSSR count). The molecule has 1 aromatic carbocycles. The van der Waals surface area contributed by atoms with Gasteiger partial charge >= 0.3 is 0 Å². The number of aliphatic hydroxyl groups is 3. The maximum absolute atomic E-state index is 10.3. The van der Waals surface area contributed by atoms with Gasteiger partial charge in [-0.25, -0.2) is 4.98 Å². The van der Waals surface area contributed by atoms with Crippen LogP contribution in [0.2, 0.25) is 5.28 Å². The summed E-state index contributed by atoms with van der Waals surface area (Å²) in [5.74, 6) is 0.446. The van der Waals surface area contributed by atoms with E-state index in [1.54, 1.807) is 0 Å². The van der Waals surface area contributed by atoms with Crippen molar-refractivity contribution >= 4 is 28.6 Å². The van der Waals surface area contributed by atoms with Gasteiger partial charge in [-0.1, -0.05) is 29.8 Å². The molecule has 9 nitrogen and oxygen atoms in total. The second-order valence-electron chi connectivity index (χ2n) is 6.74. The van der Waals surface area contributed by atoms with E-state index in [0.29, 0.717) is 23.5 Å². The number of nitrogens with one attached hydrogen (secondary N) is 1. The third-order valence-corrected chi connectivity index (χ3v) is 4.90. The molecule has 0 bridgehead atoms. The van der Waals surface area contributed by atoms with E-state index in [0.717, 1.165) is 11.1 Å². The van der Waals surface area contributed by atoms with Crippen LogP contribution < -0.4 is 5.32 Å². The fourth-order valence-corrected chi connectivity index (χ4v) is 3.48. The molecule has 3 heterocycles. The molecular weight excluding hydrogens is 386 g/mol. The Morgan fingerprint density at radius 2 is 2.07 bits per heavy atom. The summed E-state index contributed by atoms with van der Waals surface area (Å²) in [6.07, 6.45) is -2.87. The molecule has 0 spiro atoms. The lowest BCUT2D eigenvalue weighted by Gasteiger charge is -2.16. The Morgan fingerprint density at radius 1 is 1.25 bits per heavy atom. The zero-order chi connectivity index (χ0) is 19.8. The van der Waals surface area contributed by atoms with Crippen molar-refractivity contribution in [2.24, 2.45) is 0 Å². The van der Waals surface area contributed by atoms with Gasteiger partial charge in [-0.3, -0.25) is 4.57 Å². The van der Waals surface area contributed by atoms with Gasteiger partial charge < -0.3 is 25.4 Å². The molecule has 28 heavy (non-hydrogen) atoms. The summed E-state index contributed by atoms with van der Waals surface area (Å²) in [4.78, 5) is 12.7. The molecule has 4 atom stereocenters. The van der Waals surface area contributed by atoms with Crippen molar-refractivity contribution in [3.63, 3.8) is 0 Å². The number of imidazole rings is 1. The molecule has 148 valence electrons. The minimum Gasteiger partial charge on any atom is -0.394 e. The third kappa shape index (κ3) is 3.43. The maximum atomic E-state index is 10.3. The van der Waals surface area contributed by atoms with Crippen LogP contribution in [0.4, 0.5) is 5.82 Å². The molecule has 10 heteroatoms. The fourth-order valence-electron chi connectivity index (χ4n) is 3.32. The van der Waals surface area contributed by atoms with Gasteiger partial charge in [-0.15, -0.1) is 0 Å². The number of aromatic nitrogens is 4. The van der Waals surface area contributed by atoms with Crippen molar-refractivity contribution in [3.05, 3.63) is 47.0 Å². The number of benzene rings is 1. The zero-order valence-electron chi connectivity index (χ0n) is 15.0. The van der Waals surface area contributed by atoms with Crippen LogP contribution in [0.5, 0.6) is 0 Å². The first-order valence-electron chi connectivity index (χ1n) is 8.80. The van der Waals surface area contributed by atoms with Gasteiger partial charge in [-0.05, 0) is 24.1 Å². The standard InChI is InChI=1S/C18H20ClN5O4/c1-9-3-2-4-10(5-9)6-20-15-12-16(23-18(19)22-15)24(8-21-12)17-14(27)13(26)11(7-25)28-17/h2-5,8,11,13-14,17,25-27H,6-7H2,1H3,(H,20,22,23)/t11-,13-,14-,17-/m1/s1. The Balaban J connectivity index is 1.65. The van der Waals surface area contributed by atoms with Crippen LogP contribution in [0.1, 0.15) is 17.4 Å². The third-order valence-electron chi connectivity index (χ3n) is 4.73. The molecule has 0 amide bonds. The lowest BCUT2D eigenvalue weighted by Crippen LogP contribution is -2.33. The lowest BCUT2D eigenvalue weighted by atomic mass is 10.1. The Hall–Kier alpha value is -2.30. The average molecular weight is 406 g/mol. The molecule has 0 aliphatic carbocycles. The Labute approximate surface area is 165 Å². The van der Waals surface area contributed by atoms with Gasteiger partial charge in [0.15, 0.2) is 23.2 Å². The number of fused-ring (bicyclic) bond motifs is 1. The van der Waals surface area contributed by atoms with E-state index in [1.807, 2.05) is 25.1 Å². The Bertz CT molecular complexity index is 997. The largest absolute Gasteiger partial charge is 0.394 e. The number of hydrogen-bond donors (Lipinski definition) is 4. The zero-order valence-corrected chi connectivity index (χ0v) is 15.8. The van der Waals surface area contributed by atoms with Gasteiger partial charge in [0.1, 0.15) is 18.3 Å². The summed E-state index contributed by atoms with van der Waals surface area (Å²) in [5.41, 5.74) is 3.03. The second-order valence-corrected chi connectivity index (χ2v) is 7.07. The first-order valence-corrected chi connectivity index (χ1v) is 9.17. The number of ether oxygens (including phenoxy) is 1. The van der Waals surface area contributed by atoms with Crippen molar-refractivity contribution in [2.45, 2.75) is 38.0 Å². The predicted molar refractivity (Wildman–Crippen MR) is 102 cm³/mol. The summed E-state index contributed by atoms with van der Waals surface area (Å²) in [6, 6.07) is 8.06. The summed E-state index contributed by atoms with van der Waals surface area (Å²) >= 11 is 6.09. The van der Waals surface area contributed by atoms with E-state index in [1.165, 1.54) is 10.9 Å². The Kier molecular flexibility index (Phi) is 5.17. The molecular formula is C18H20ClN5O4. The molecule has 1 aliphatic rings. The van der Waals surface area contributed by atoms with Gasteiger partial charge in [-0.2, -0.15) is 9.97 Å². The van der Waals surface area contributed by atoms with Crippen molar-refractivity contribution in [1.29, 1.82) is 0 Å². The van der Waals surface area contributed by atoms with E-state index < -0.39 is 31.1 Å². The van der Waals surface area contributed by atoms with E-state index >= 15 is 0 Å². The summed E-state index contributed by atoms with van der Waals surface area (Å²) < 4.78 is 7.04. The molecule has 0 radical (unpaired) electrons.